The molecule has 2 fully saturated rings. The van der Waals surface area contributed by atoms with Crippen molar-refractivity contribution in [3.8, 4) is 11.8 Å². The molecule has 2 aromatic heterocycles. The number of nitrogens with one attached hydrogen (secondary N) is 1. The second-order valence-electron chi connectivity index (χ2n) is 10.1. The summed E-state index contributed by atoms with van der Waals surface area (Å²) >= 11 is 0. The predicted octanol–water partition coefficient (Wildman–Crippen LogP) is 2.40. The molecule has 3 heterocycles. The van der Waals surface area contributed by atoms with Crippen LogP contribution in [0.3, 0.4) is 0 Å². The minimum atomic E-state index is -4.48. The number of hydrogen-bond donors (Lipinski definition) is 3. The quantitative estimate of drug-likeness (QED) is 0.251. The lowest BCUT2D eigenvalue weighted by Gasteiger charge is -2.36. The predicted molar refractivity (Wildman–Crippen MR) is 137 cm³/mol. The topological polar surface area (TPSA) is 183 Å². The fourth-order valence-electron chi connectivity index (χ4n) is 4.90. The number of nitrogens with zero attached hydrogens (tertiary/aromatic N) is 4. The third-order valence-electron chi connectivity index (χ3n) is 7.03. The van der Waals surface area contributed by atoms with E-state index in [-0.39, 0.29) is 17.3 Å². The standard InChI is InChI=1S/C25H28FN6O7P/c1-14(2)36-22(33)15(3)31-40(35,38-16-8-6-5-7-9-16)39-20-19-25(20,34)23(4,26)24(12-27,37-19)18-11-10-17-21(28)29-13-30-32(17)18/h5-11,13-15,19-20,34H,1-4H3,(H,31,35)(H2,28,29,30)/t15-,19+,20-,23-,24-,25-,40?/m0/s1. The third kappa shape index (κ3) is 4.13. The number of fused-ring (bicyclic) bond motifs is 2. The molecule has 212 valence electrons. The number of nitrogens with two attached hydrogens (primary N) is 1. The molecule has 15 heteroatoms. The number of rotatable bonds is 9. The van der Waals surface area contributed by atoms with Crippen molar-refractivity contribution in [3.63, 3.8) is 0 Å². The van der Waals surface area contributed by atoms with E-state index in [9.17, 15) is 19.7 Å². The molecule has 2 aliphatic rings. The van der Waals surface area contributed by atoms with Crippen molar-refractivity contribution < 1.29 is 37.4 Å². The Kier molecular flexibility index (Phi) is 6.64. The van der Waals surface area contributed by atoms with Crippen LogP contribution in [-0.4, -0.2) is 61.3 Å². The first-order valence-electron chi connectivity index (χ1n) is 12.4. The summed E-state index contributed by atoms with van der Waals surface area (Å²) in [7, 11) is -4.48. The summed E-state index contributed by atoms with van der Waals surface area (Å²) < 4.78 is 54.2. The van der Waals surface area contributed by atoms with Gasteiger partial charge in [0.1, 0.15) is 41.9 Å². The van der Waals surface area contributed by atoms with Crippen LogP contribution in [0.15, 0.2) is 48.8 Å². The van der Waals surface area contributed by atoms with Crippen molar-refractivity contribution in [2.75, 3.05) is 5.73 Å². The fourth-order valence-corrected chi connectivity index (χ4v) is 6.61. The number of ether oxygens (including phenoxy) is 2. The number of hydrogen-bond acceptors (Lipinski definition) is 11. The molecule has 13 nitrogen and oxygen atoms in total. The number of para-hydroxylation sites is 1. The average Bonchev–Trinajstić information content (AvgIpc) is 3.16. The molecule has 1 saturated carbocycles. The molecule has 1 aliphatic carbocycles. The molecule has 1 aromatic carbocycles. The van der Waals surface area contributed by atoms with Crippen LogP contribution in [0.5, 0.6) is 5.75 Å². The van der Waals surface area contributed by atoms with Gasteiger partial charge in [-0.1, -0.05) is 18.2 Å². The highest BCUT2D eigenvalue weighted by Crippen LogP contribution is 2.69. The lowest BCUT2D eigenvalue weighted by molar-refractivity contribution is -0.149. The van der Waals surface area contributed by atoms with Crippen LogP contribution < -0.4 is 15.3 Å². The van der Waals surface area contributed by atoms with Gasteiger partial charge in [0.15, 0.2) is 17.1 Å². The number of aromatic nitrogens is 3. The van der Waals surface area contributed by atoms with Crippen molar-refractivity contribution in [2.45, 2.75) is 68.9 Å². The van der Waals surface area contributed by atoms with Gasteiger partial charge in [-0.25, -0.2) is 18.5 Å². The normalized spacial score (nSPS) is 31.2. The van der Waals surface area contributed by atoms with Gasteiger partial charge in [0.25, 0.3) is 0 Å². The molecule has 4 N–H and O–H groups in total. The molecule has 1 aliphatic heterocycles. The summed E-state index contributed by atoms with van der Waals surface area (Å²) in [5.74, 6) is -0.525. The van der Waals surface area contributed by atoms with E-state index in [1.165, 1.54) is 35.7 Å². The zero-order chi connectivity index (χ0) is 29.1. The summed E-state index contributed by atoms with van der Waals surface area (Å²) in [6.45, 7) is 5.68. The number of aliphatic hydroxyl groups is 1. The molecule has 0 amide bonds. The van der Waals surface area contributed by atoms with Crippen molar-refractivity contribution in [2.24, 2.45) is 0 Å². The van der Waals surface area contributed by atoms with Crippen LogP contribution in [0.4, 0.5) is 10.2 Å². The zero-order valence-corrected chi connectivity index (χ0v) is 22.9. The Bertz CT molecular complexity index is 1550. The van der Waals surface area contributed by atoms with E-state index >= 15 is 4.39 Å². The first kappa shape index (κ1) is 27.9. The lowest BCUT2D eigenvalue weighted by atomic mass is 9.80. The van der Waals surface area contributed by atoms with Gasteiger partial charge in [-0.05, 0) is 52.0 Å². The molecule has 40 heavy (non-hydrogen) atoms. The number of anilines is 1. The van der Waals surface area contributed by atoms with E-state index in [0.717, 1.165) is 13.3 Å². The van der Waals surface area contributed by atoms with Crippen LogP contribution in [0.1, 0.15) is 33.4 Å². The number of carbonyl (C=O) groups excluding carboxylic acids is 1. The molecule has 0 bridgehead atoms. The van der Waals surface area contributed by atoms with Crippen molar-refractivity contribution >= 4 is 25.1 Å². The number of nitrogen functional groups attached to an aromatic ring is 1. The van der Waals surface area contributed by atoms with E-state index in [1.54, 1.807) is 32.0 Å². The Morgan fingerprint density at radius 2 is 2.00 bits per heavy atom. The van der Waals surface area contributed by atoms with Crippen LogP contribution in [0.2, 0.25) is 0 Å². The average molecular weight is 575 g/mol. The number of benzene rings is 1. The molecule has 7 atom stereocenters. The minimum Gasteiger partial charge on any atom is -0.462 e. The summed E-state index contributed by atoms with van der Waals surface area (Å²) in [4.78, 5) is 16.3. The second-order valence-corrected chi connectivity index (χ2v) is 11.7. The number of nitriles is 1. The van der Waals surface area contributed by atoms with E-state index in [2.05, 4.69) is 15.2 Å². The Morgan fingerprint density at radius 1 is 1.30 bits per heavy atom. The van der Waals surface area contributed by atoms with Crippen molar-refractivity contribution in [1.29, 1.82) is 5.26 Å². The maximum absolute atomic E-state index is 16.7. The van der Waals surface area contributed by atoms with E-state index in [4.69, 9.17) is 24.3 Å². The van der Waals surface area contributed by atoms with Gasteiger partial charge in [0.2, 0.25) is 5.60 Å². The Balaban J connectivity index is 1.45. The van der Waals surface area contributed by atoms with Crippen LogP contribution in [0.25, 0.3) is 5.52 Å². The molecule has 5 rings (SSSR count). The minimum absolute atomic E-state index is 0.0321. The highest BCUT2D eigenvalue weighted by Gasteiger charge is 2.90. The summed E-state index contributed by atoms with van der Waals surface area (Å²) in [6, 6.07) is 11.5. The van der Waals surface area contributed by atoms with E-state index in [1.807, 2.05) is 6.07 Å². The van der Waals surface area contributed by atoms with Crippen LogP contribution in [0, 0.1) is 11.3 Å². The molecule has 1 saturated heterocycles. The van der Waals surface area contributed by atoms with Crippen LogP contribution in [-0.2, 0) is 29.0 Å². The lowest BCUT2D eigenvalue weighted by Crippen LogP contribution is -2.54. The Hall–Kier alpha value is -3.60. The highest BCUT2D eigenvalue weighted by molar-refractivity contribution is 7.52. The number of carbonyl (C=O) groups is 1. The summed E-state index contributed by atoms with van der Waals surface area (Å²) in [6.07, 6.45) is -2.28. The maximum atomic E-state index is 16.7. The smallest absolute Gasteiger partial charge is 0.459 e. The van der Waals surface area contributed by atoms with Gasteiger partial charge in [0.05, 0.1) is 11.8 Å². The molecule has 0 spiro atoms. The molecule has 0 radical (unpaired) electrons. The first-order valence-corrected chi connectivity index (χ1v) is 13.9. The molecule has 3 aromatic rings. The van der Waals surface area contributed by atoms with Gasteiger partial charge in [0, 0.05) is 0 Å². The van der Waals surface area contributed by atoms with Gasteiger partial charge < -0.3 is 24.8 Å². The number of esters is 1. The highest BCUT2D eigenvalue weighted by atomic mass is 31.2. The van der Waals surface area contributed by atoms with E-state index < -0.39 is 54.9 Å². The number of alkyl halides is 1. The monoisotopic (exact) mass is 574 g/mol. The molecular formula is C25H28FN6O7P. The zero-order valence-electron chi connectivity index (χ0n) is 22.0. The summed E-state index contributed by atoms with van der Waals surface area (Å²) in [5.41, 5.74) is -1.42. The molecular weight excluding hydrogens is 546 g/mol. The SMILES string of the molecule is CC(C)OC(=O)[C@H](C)NP(=O)(Oc1ccccc1)O[C@H]1[C@H]2O[C@@](C#N)(c3ccc4c(N)ncnn34)[C@](C)(F)[C@]21O. The van der Waals surface area contributed by atoms with Gasteiger partial charge >= 0.3 is 13.7 Å². The Morgan fingerprint density at radius 3 is 2.60 bits per heavy atom. The van der Waals surface area contributed by atoms with Gasteiger partial charge in [-0.2, -0.15) is 15.4 Å². The first-order chi connectivity index (χ1) is 18.8. The molecule has 1 unspecified atom stereocenters. The maximum Gasteiger partial charge on any atom is 0.459 e. The van der Waals surface area contributed by atoms with Gasteiger partial charge in [-0.15, -0.1) is 0 Å². The van der Waals surface area contributed by atoms with Crippen LogP contribution >= 0.6 is 7.75 Å². The second kappa shape index (κ2) is 9.50. The Labute approximate surface area is 228 Å². The summed E-state index contributed by atoms with van der Waals surface area (Å²) in [5, 5.41) is 28.2. The number of halogens is 1. The van der Waals surface area contributed by atoms with Crippen molar-refractivity contribution in [3.05, 3.63) is 54.5 Å². The third-order valence-corrected chi connectivity index (χ3v) is 8.69. The van der Waals surface area contributed by atoms with Gasteiger partial charge in [-0.3, -0.25) is 9.32 Å². The van der Waals surface area contributed by atoms with E-state index in [0.29, 0.717) is 5.52 Å². The van der Waals surface area contributed by atoms with Crippen molar-refractivity contribution in [1.82, 2.24) is 19.7 Å². The largest absolute Gasteiger partial charge is 0.462 e. The fraction of sp³-hybridized carbons (Fsp3) is 0.440.